The van der Waals surface area contributed by atoms with Crippen LogP contribution in [0.1, 0.15) is 51.6 Å². The number of hydrogen-bond acceptors (Lipinski definition) is 7. The van der Waals surface area contributed by atoms with Gasteiger partial charge in [0.25, 0.3) is 0 Å². The van der Waals surface area contributed by atoms with Crippen molar-refractivity contribution in [2.45, 2.75) is 64.5 Å². The molecule has 0 spiro atoms. The Kier molecular flexibility index (Phi) is 6.38. The normalized spacial score (nSPS) is 17.2. The fourth-order valence-corrected chi connectivity index (χ4v) is 3.74. The number of nitrogens with zero attached hydrogens (tertiary/aromatic N) is 6. The van der Waals surface area contributed by atoms with Crippen LogP contribution in [0.3, 0.4) is 0 Å². The van der Waals surface area contributed by atoms with Crippen LogP contribution in [-0.4, -0.2) is 41.7 Å². The molecule has 3 aromatic rings. The van der Waals surface area contributed by atoms with Gasteiger partial charge in [-0.05, 0) is 49.0 Å². The first-order valence-corrected chi connectivity index (χ1v) is 11.0. The number of aryl methyl sites for hydroxylation is 1. The van der Waals surface area contributed by atoms with E-state index in [-0.39, 0.29) is 18.4 Å². The van der Waals surface area contributed by atoms with Crippen LogP contribution in [0.4, 0.5) is 5.82 Å². The zero-order chi connectivity index (χ0) is 22.6. The van der Waals surface area contributed by atoms with Gasteiger partial charge < -0.3 is 19.6 Å². The van der Waals surface area contributed by atoms with Crippen molar-refractivity contribution >= 4 is 5.82 Å². The van der Waals surface area contributed by atoms with Crippen molar-refractivity contribution < 1.29 is 14.4 Å². The average molecular weight is 441 g/mol. The third-order valence-corrected chi connectivity index (χ3v) is 5.48. The zero-order valence-corrected chi connectivity index (χ0v) is 18.4. The van der Waals surface area contributed by atoms with E-state index in [2.05, 4.69) is 22.2 Å². The maximum absolute atomic E-state index is 10.8. The van der Waals surface area contributed by atoms with Crippen molar-refractivity contribution in [3.8, 4) is 17.4 Å². The van der Waals surface area contributed by atoms with E-state index in [1.54, 1.807) is 9.25 Å². The lowest BCUT2D eigenvalue weighted by atomic mass is 10.1. The molecule has 2 aromatic heterocycles. The van der Waals surface area contributed by atoms with Gasteiger partial charge in [0.2, 0.25) is 0 Å². The topological polar surface area (TPSA) is 110 Å². The monoisotopic (exact) mass is 440 g/mol. The molecule has 32 heavy (non-hydrogen) atoms. The third kappa shape index (κ3) is 5.06. The Balaban J connectivity index is 1.28. The van der Waals surface area contributed by atoms with Crippen LogP contribution in [0.2, 0.25) is 0 Å². The number of ether oxygens (including phenoxy) is 2. The first-order valence-electron chi connectivity index (χ1n) is 11.0. The molecular weight excluding hydrogens is 412 g/mol. The molecule has 1 atom stereocenters. The average Bonchev–Trinajstić information content (AvgIpc) is 3.47. The van der Waals surface area contributed by atoms with Gasteiger partial charge in [-0.2, -0.15) is 0 Å². The van der Waals surface area contributed by atoms with Gasteiger partial charge in [-0.15, -0.1) is 5.10 Å². The molecule has 170 valence electrons. The smallest absolute Gasteiger partial charge is 0.415 e. The molecule has 0 N–H and O–H groups in total. The van der Waals surface area contributed by atoms with Crippen LogP contribution < -0.4 is 9.47 Å². The Labute approximate surface area is 186 Å². The Bertz CT molecular complexity index is 1040. The molecule has 0 aliphatic carbocycles. The summed E-state index contributed by atoms with van der Waals surface area (Å²) in [7, 11) is 0. The highest BCUT2D eigenvalue weighted by atomic mass is 16.6. The van der Waals surface area contributed by atoms with Crippen molar-refractivity contribution in [3.63, 3.8) is 0 Å². The lowest BCUT2D eigenvalue weighted by molar-refractivity contribution is -0.389. The van der Waals surface area contributed by atoms with E-state index < -0.39 is 10.5 Å². The van der Waals surface area contributed by atoms with Gasteiger partial charge in [0.15, 0.2) is 5.60 Å². The van der Waals surface area contributed by atoms with Gasteiger partial charge in [0.1, 0.15) is 18.6 Å². The Hall–Kier alpha value is -3.43. The fourth-order valence-electron chi connectivity index (χ4n) is 3.74. The van der Waals surface area contributed by atoms with Crippen molar-refractivity contribution in [2.24, 2.45) is 0 Å². The van der Waals surface area contributed by atoms with Crippen molar-refractivity contribution in [1.29, 1.82) is 0 Å². The minimum absolute atomic E-state index is 0.216. The summed E-state index contributed by atoms with van der Waals surface area (Å²) in [5.74, 6) is 0.483. The predicted octanol–water partition coefficient (Wildman–Crippen LogP) is 4.12. The maximum Gasteiger partial charge on any atom is 0.415 e. The van der Waals surface area contributed by atoms with Crippen LogP contribution in [-0.2, 0) is 13.0 Å². The van der Waals surface area contributed by atoms with Crippen LogP contribution in [0.25, 0.3) is 5.69 Å². The molecule has 0 bridgehead atoms. The summed E-state index contributed by atoms with van der Waals surface area (Å²) in [6.07, 6.45) is 10.5. The molecular formula is C22H28N6O4. The minimum atomic E-state index is -0.645. The highest BCUT2D eigenvalue weighted by molar-refractivity contribution is 5.36. The number of imidazole rings is 1. The fraction of sp³-hybridized carbons (Fsp3) is 0.500. The lowest BCUT2D eigenvalue weighted by Gasteiger charge is -2.22. The Morgan fingerprint density at radius 3 is 2.69 bits per heavy atom. The van der Waals surface area contributed by atoms with Gasteiger partial charge in [-0.25, -0.2) is 4.68 Å². The number of hydrogen-bond donors (Lipinski definition) is 0. The number of rotatable bonds is 11. The molecule has 0 fully saturated rings. The molecule has 4 rings (SSSR count). The van der Waals surface area contributed by atoms with E-state index in [1.807, 2.05) is 37.4 Å². The van der Waals surface area contributed by atoms with Crippen LogP contribution >= 0.6 is 0 Å². The highest BCUT2D eigenvalue weighted by Gasteiger charge is 2.41. The van der Waals surface area contributed by atoms with Crippen LogP contribution in [0.15, 0.2) is 36.7 Å². The number of benzene rings is 1. The number of unbranched alkanes of at least 4 members (excludes halogenated alkanes) is 4. The largest absolute Gasteiger partial charge is 0.489 e. The van der Waals surface area contributed by atoms with E-state index in [0.29, 0.717) is 12.3 Å². The van der Waals surface area contributed by atoms with E-state index in [4.69, 9.17) is 9.47 Å². The second-order valence-electron chi connectivity index (χ2n) is 8.42. The molecule has 1 aromatic carbocycles. The van der Waals surface area contributed by atoms with Crippen molar-refractivity contribution in [3.05, 3.63) is 52.5 Å². The van der Waals surface area contributed by atoms with E-state index in [9.17, 15) is 10.1 Å². The van der Waals surface area contributed by atoms with Gasteiger partial charge in [-0.1, -0.05) is 37.8 Å². The number of aromatic nitrogens is 5. The van der Waals surface area contributed by atoms with E-state index in [1.165, 1.54) is 31.9 Å². The van der Waals surface area contributed by atoms with Gasteiger partial charge in [-0.3, -0.25) is 4.57 Å². The van der Waals surface area contributed by atoms with Crippen LogP contribution in [0, 0.1) is 10.1 Å². The molecule has 0 amide bonds. The number of nitro groups is 1. The molecule has 10 nitrogen and oxygen atoms in total. The second-order valence-corrected chi connectivity index (χ2v) is 8.42. The quantitative estimate of drug-likeness (QED) is 0.251. The Morgan fingerprint density at radius 2 is 1.97 bits per heavy atom. The molecule has 0 unspecified atom stereocenters. The molecule has 10 heteroatoms. The van der Waals surface area contributed by atoms with Gasteiger partial charge in [0, 0.05) is 4.98 Å². The second kappa shape index (κ2) is 9.37. The summed E-state index contributed by atoms with van der Waals surface area (Å²) in [6.45, 7) is 4.83. The molecule has 3 heterocycles. The lowest BCUT2D eigenvalue weighted by Crippen LogP contribution is -2.38. The molecule has 1 aliphatic rings. The van der Waals surface area contributed by atoms with Gasteiger partial charge >= 0.3 is 11.8 Å². The van der Waals surface area contributed by atoms with E-state index in [0.717, 1.165) is 24.2 Å². The predicted molar refractivity (Wildman–Crippen MR) is 117 cm³/mol. The summed E-state index contributed by atoms with van der Waals surface area (Å²) in [4.78, 5) is 14.2. The summed E-state index contributed by atoms with van der Waals surface area (Å²) in [5, 5.41) is 19.3. The summed E-state index contributed by atoms with van der Waals surface area (Å²) in [6, 6.07) is 7.86. The first kappa shape index (κ1) is 21.8. The molecule has 0 saturated carbocycles. The third-order valence-electron chi connectivity index (χ3n) is 5.48. The summed E-state index contributed by atoms with van der Waals surface area (Å²) >= 11 is 0. The molecule has 0 radical (unpaired) electrons. The minimum Gasteiger partial charge on any atom is -0.489 e. The molecule has 0 saturated heterocycles. The van der Waals surface area contributed by atoms with Crippen molar-refractivity contribution in [1.82, 2.24) is 24.5 Å². The standard InChI is InChI=1S/C22H28N6O4/c1-3-4-5-6-7-8-17-13-27(25-24-17)18-9-11-19(12-10-18)31-16-22(2)15-26-14-20(28(29)30)23-21(26)32-22/h9-14H,3-8,15-16H2,1-2H3/t22-/m1/s1. The number of fused-ring (bicyclic) bond motifs is 1. The van der Waals surface area contributed by atoms with Crippen molar-refractivity contribution in [2.75, 3.05) is 6.61 Å². The highest BCUT2D eigenvalue weighted by Crippen LogP contribution is 2.31. The van der Waals surface area contributed by atoms with Crippen LogP contribution in [0.5, 0.6) is 11.8 Å². The Morgan fingerprint density at radius 1 is 1.19 bits per heavy atom. The zero-order valence-electron chi connectivity index (χ0n) is 18.4. The summed E-state index contributed by atoms with van der Waals surface area (Å²) in [5.41, 5.74) is 1.28. The van der Waals surface area contributed by atoms with Gasteiger partial charge in [0.05, 0.1) is 24.1 Å². The molecule has 1 aliphatic heterocycles. The van der Waals surface area contributed by atoms with E-state index >= 15 is 0 Å². The summed E-state index contributed by atoms with van der Waals surface area (Å²) < 4.78 is 15.1. The SMILES string of the molecule is CCCCCCCc1cn(-c2ccc(OC[C@@]3(C)Cn4cc([N+](=O)[O-])nc4O3)cc2)nn1. The first-order chi connectivity index (χ1) is 15.5. The maximum atomic E-state index is 10.8.